The van der Waals surface area contributed by atoms with E-state index in [1.807, 2.05) is 13.8 Å². The van der Waals surface area contributed by atoms with Gasteiger partial charge in [0.05, 0.1) is 0 Å². The van der Waals surface area contributed by atoms with Gasteiger partial charge in [0.15, 0.2) is 0 Å². The van der Waals surface area contributed by atoms with Crippen molar-refractivity contribution >= 4 is 32.5 Å². The SMILES string of the molecule is CC=NC.CC=NC.C[O][Sn]([O]C)([O]C)[O]C. The molecule has 0 aromatic rings. The van der Waals surface area contributed by atoms with Crippen LogP contribution in [0.2, 0.25) is 0 Å². The Bertz CT molecular complexity index is 150. The van der Waals surface area contributed by atoms with E-state index < -0.39 is 20.0 Å². The van der Waals surface area contributed by atoms with Crippen molar-refractivity contribution in [3.05, 3.63) is 0 Å². The molecule has 0 rings (SSSR count). The Morgan fingerprint density at radius 3 is 0.882 bits per heavy atom. The number of hydrogen-bond donors (Lipinski definition) is 0. The van der Waals surface area contributed by atoms with E-state index in [-0.39, 0.29) is 0 Å². The van der Waals surface area contributed by atoms with Crippen LogP contribution < -0.4 is 0 Å². The number of rotatable bonds is 4. The second-order valence-corrected chi connectivity index (χ2v) is 9.86. The monoisotopic (exact) mass is 358 g/mol. The second-order valence-electron chi connectivity index (χ2n) is 2.35. The molecule has 0 aliphatic rings. The quantitative estimate of drug-likeness (QED) is 0.564. The average molecular weight is 357 g/mol. The molecule has 0 fully saturated rings. The fraction of sp³-hybridized carbons (Fsp3) is 0.800. The average Bonchev–Trinajstić information content (AvgIpc) is 2.42. The molecule has 0 atom stereocenters. The van der Waals surface area contributed by atoms with E-state index in [0.717, 1.165) is 0 Å². The molecule has 6 nitrogen and oxygen atoms in total. The summed E-state index contributed by atoms with van der Waals surface area (Å²) in [5.41, 5.74) is 0. The molecule has 7 heteroatoms. The van der Waals surface area contributed by atoms with Crippen LogP contribution in [-0.2, 0) is 12.3 Å². The van der Waals surface area contributed by atoms with Gasteiger partial charge in [-0.2, -0.15) is 0 Å². The van der Waals surface area contributed by atoms with Gasteiger partial charge in [-0.25, -0.2) is 0 Å². The summed E-state index contributed by atoms with van der Waals surface area (Å²) in [5.74, 6) is 0. The number of aliphatic imine (C=N–C) groups is 2. The third kappa shape index (κ3) is 16.0. The summed E-state index contributed by atoms with van der Waals surface area (Å²) in [4.78, 5) is 7.22. The molecule has 0 radical (unpaired) electrons. The molecule has 0 aliphatic heterocycles. The summed E-state index contributed by atoms with van der Waals surface area (Å²) >= 11 is -3.39. The van der Waals surface area contributed by atoms with Crippen molar-refractivity contribution in [1.82, 2.24) is 0 Å². The number of hydrogen-bond acceptors (Lipinski definition) is 6. The molecule has 0 saturated heterocycles. The Morgan fingerprint density at radius 2 is 0.882 bits per heavy atom. The number of nitrogens with zero attached hydrogens (tertiary/aromatic N) is 2. The van der Waals surface area contributed by atoms with Gasteiger partial charge in [-0.15, -0.1) is 0 Å². The molecule has 0 heterocycles. The van der Waals surface area contributed by atoms with Gasteiger partial charge in [-0.1, -0.05) is 0 Å². The van der Waals surface area contributed by atoms with Crippen molar-refractivity contribution in [1.29, 1.82) is 0 Å². The van der Waals surface area contributed by atoms with Gasteiger partial charge in [0.25, 0.3) is 0 Å². The molecule has 0 saturated carbocycles. The molecule has 0 aromatic carbocycles. The summed E-state index contributed by atoms with van der Waals surface area (Å²) in [7, 11) is 9.58. The Balaban J connectivity index is -0.000000205. The predicted molar refractivity (Wildman–Crippen MR) is 74.0 cm³/mol. The molecule has 17 heavy (non-hydrogen) atoms. The van der Waals surface area contributed by atoms with Gasteiger partial charge in [0.2, 0.25) is 0 Å². The summed E-state index contributed by atoms with van der Waals surface area (Å²) in [6.45, 7) is 3.78. The van der Waals surface area contributed by atoms with Crippen molar-refractivity contribution in [2.45, 2.75) is 13.8 Å². The van der Waals surface area contributed by atoms with Crippen LogP contribution in [0.5, 0.6) is 0 Å². The Morgan fingerprint density at radius 1 is 0.706 bits per heavy atom. The van der Waals surface area contributed by atoms with Gasteiger partial charge in [0, 0.05) is 14.1 Å². The van der Waals surface area contributed by atoms with Crippen molar-refractivity contribution < 1.29 is 12.3 Å². The Labute approximate surface area is 111 Å². The van der Waals surface area contributed by atoms with E-state index in [1.165, 1.54) is 28.4 Å². The Hall–Kier alpha value is -0.0213. The van der Waals surface area contributed by atoms with E-state index in [1.54, 1.807) is 26.5 Å². The molecule has 0 amide bonds. The maximum atomic E-state index is 4.93. The zero-order valence-electron chi connectivity index (χ0n) is 12.2. The summed E-state index contributed by atoms with van der Waals surface area (Å²) in [5, 5.41) is 0. The van der Waals surface area contributed by atoms with Crippen molar-refractivity contribution in [2.75, 3.05) is 42.5 Å². The van der Waals surface area contributed by atoms with Gasteiger partial charge in [0.1, 0.15) is 0 Å². The topological polar surface area (TPSA) is 61.6 Å². The van der Waals surface area contributed by atoms with Gasteiger partial charge >= 0.3 is 60.8 Å². The molecule has 0 aliphatic carbocycles. The zero-order chi connectivity index (χ0) is 14.2. The van der Waals surface area contributed by atoms with E-state index in [4.69, 9.17) is 12.3 Å². The molecule has 0 unspecified atom stereocenters. The fourth-order valence-electron chi connectivity index (χ4n) is 0.500. The van der Waals surface area contributed by atoms with E-state index in [9.17, 15) is 0 Å². The molecular formula is C10H26N2O4Sn. The summed E-state index contributed by atoms with van der Waals surface area (Å²) in [6, 6.07) is 0. The summed E-state index contributed by atoms with van der Waals surface area (Å²) < 4.78 is 19.7. The molecule has 0 bridgehead atoms. The van der Waals surface area contributed by atoms with Crippen LogP contribution in [0, 0.1) is 0 Å². The van der Waals surface area contributed by atoms with Crippen LogP contribution >= 0.6 is 0 Å². The van der Waals surface area contributed by atoms with Crippen LogP contribution in [0.25, 0.3) is 0 Å². The third-order valence-corrected chi connectivity index (χ3v) is 7.22. The molecule has 0 spiro atoms. The maximum absolute atomic E-state index is 4.93. The van der Waals surface area contributed by atoms with Crippen LogP contribution in [0.3, 0.4) is 0 Å². The van der Waals surface area contributed by atoms with Crippen LogP contribution in [-0.4, -0.2) is 75.0 Å². The normalized spacial score (nSPS) is 10.8. The summed E-state index contributed by atoms with van der Waals surface area (Å²) in [6.07, 6.45) is 3.50. The zero-order valence-corrected chi connectivity index (χ0v) is 15.0. The van der Waals surface area contributed by atoms with E-state index in [0.29, 0.717) is 0 Å². The first-order chi connectivity index (χ1) is 8.07. The van der Waals surface area contributed by atoms with Crippen LogP contribution in [0.4, 0.5) is 0 Å². The minimum atomic E-state index is -3.39. The van der Waals surface area contributed by atoms with Crippen molar-refractivity contribution in [2.24, 2.45) is 9.98 Å². The molecular weight excluding hydrogens is 331 g/mol. The predicted octanol–water partition coefficient (Wildman–Crippen LogP) is 1.42. The standard InChI is InChI=1S/2C3H7N.4CH3O.Sn/c2*1-3-4-2;4*1-2;/h2*3H,1-2H3;4*1H3;/q;;4*-1;+4. The molecule has 0 N–H and O–H groups in total. The van der Waals surface area contributed by atoms with E-state index in [2.05, 4.69) is 9.98 Å². The first-order valence-electron chi connectivity index (χ1n) is 5.02. The molecule has 104 valence electrons. The first kappa shape index (κ1) is 22.2. The van der Waals surface area contributed by atoms with E-state index >= 15 is 0 Å². The van der Waals surface area contributed by atoms with Crippen molar-refractivity contribution in [3.63, 3.8) is 0 Å². The fourth-order valence-corrected chi connectivity index (χ4v) is 3.35. The van der Waals surface area contributed by atoms with Gasteiger partial charge in [-0.05, 0) is 26.3 Å². The van der Waals surface area contributed by atoms with Crippen molar-refractivity contribution in [3.8, 4) is 0 Å². The third-order valence-electron chi connectivity index (χ3n) is 1.52. The van der Waals surface area contributed by atoms with Crippen LogP contribution in [0.1, 0.15) is 13.8 Å². The minimum absolute atomic E-state index is 1.52. The Kier molecular flexibility index (Phi) is 23.9. The second kappa shape index (κ2) is 18.3. The molecule has 0 aromatic heterocycles. The van der Waals surface area contributed by atoms with Crippen LogP contribution in [0.15, 0.2) is 9.98 Å². The van der Waals surface area contributed by atoms with Gasteiger partial charge < -0.3 is 9.98 Å². The first-order valence-corrected chi connectivity index (χ1v) is 9.68. The van der Waals surface area contributed by atoms with Gasteiger partial charge in [-0.3, -0.25) is 0 Å².